The maximum absolute atomic E-state index is 13.8. The molecule has 1 saturated heterocycles. The predicted molar refractivity (Wildman–Crippen MR) is 101 cm³/mol. The minimum absolute atomic E-state index is 0.0607. The fourth-order valence-electron chi connectivity index (χ4n) is 3.31. The van der Waals surface area contributed by atoms with E-state index in [9.17, 15) is 12.8 Å². The Kier molecular flexibility index (Phi) is 5.60. The molecule has 0 amide bonds. The molecule has 0 spiro atoms. The van der Waals surface area contributed by atoms with E-state index in [-0.39, 0.29) is 16.8 Å². The van der Waals surface area contributed by atoms with Gasteiger partial charge in [-0.25, -0.2) is 12.8 Å². The van der Waals surface area contributed by atoms with E-state index in [1.165, 1.54) is 22.5 Å². The molecule has 0 unspecified atom stereocenters. The highest BCUT2D eigenvalue weighted by Crippen LogP contribution is 2.24. The van der Waals surface area contributed by atoms with Crippen molar-refractivity contribution in [1.29, 1.82) is 0 Å². The van der Waals surface area contributed by atoms with Crippen LogP contribution in [0.2, 0.25) is 0 Å². The SMILES string of the molecule is CN(C1CCN(Cc2ccccc2F)CC1)S(=O)(=O)c1ccc(N)cc1. The number of nitrogens with two attached hydrogens (primary N) is 1. The summed E-state index contributed by atoms with van der Waals surface area (Å²) in [5.41, 5.74) is 6.85. The number of anilines is 1. The molecule has 0 saturated carbocycles. The molecule has 0 atom stereocenters. The van der Waals surface area contributed by atoms with Crippen molar-refractivity contribution in [1.82, 2.24) is 9.21 Å². The third kappa shape index (κ3) is 4.06. The maximum Gasteiger partial charge on any atom is 0.243 e. The molecule has 0 aromatic heterocycles. The summed E-state index contributed by atoms with van der Waals surface area (Å²) < 4.78 is 40.8. The molecule has 140 valence electrons. The normalized spacial score (nSPS) is 16.9. The third-order valence-electron chi connectivity index (χ3n) is 4.98. The molecular formula is C19H24FN3O2S. The lowest BCUT2D eigenvalue weighted by molar-refractivity contribution is 0.162. The first-order valence-corrected chi connectivity index (χ1v) is 10.1. The summed E-state index contributed by atoms with van der Waals surface area (Å²) >= 11 is 0. The van der Waals surface area contributed by atoms with Gasteiger partial charge in [0.1, 0.15) is 5.82 Å². The monoisotopic (exact) mass is 377 g/mol. The smallest absolute Gasteiger partial charge is 0.243 e. The van der Waals surface area contributed by atoms with Gasteiger partial charge in [0.25, 0.3) is 0 Å². The van der Waals surface area contributed by atoms with Crippen LogP contribution >= 0.6 is 0 Å². The van der Waals surface area contributed by atoms with Gasteiger partial charge in [0.2, 0.25) is 10.0 Å². The van der Waals surface area contributed by atoms with E-state index in [0.717, 1.165) is 25.9 Å². The van der Waals surface area contributed by atoms with Crippen molar-refractivity contribution in [3.8, 4) is 0 Å². The number of rotatable bonds is 5. The number of nitrogen functional groups attached to an aromatic ring is 1. The Bertz CT molecular complexity index is 847. The molecule has 3 rings (SSSR count). The van der Waals surface area contributed by atoms with Crippen molar-refractivity contribution < 1.29 is 12.8 Å². The Morgan fingerprint density at radius 3 is 2.35 bits per heavy atom. The van der Waals surface area contributed by atoms with E-state index in [1.807, 2.05) is 6.07 Å². The zero-order chi connectivity index (χ0) is 18.7. The number of likely N-dealkylation sites (tertiary alicyclic amines) is 1. The third-order valence-corrected chi connectivity index (χ3v) is 6.90. The molecule has 2 N–H and O–H groups in total. The van der Waals surface area contributed by atoms with E-state index in [1.54, 1.807) is 31.3 Å². The number of hydrogen-bond acceptors (Lipinski definition) is 4. The maximum atomic E-state index is 13.8. The Balaban J connectivity index is 1.62. The molecule has 5 nitrogen and oxygen atoms in total. The van der Waals surface area contributed by atoms with Gasteiger partial charge < -0.3 is 5.73 Å². The first-order chi connectivity index (χ1) is 12.4. The van der Waals surface area contributed by atoms with Gasteiger partial charge in [0.15, 0.2) is 0 Å². The van der Waals surface area contributed by atoms with Crippen LogP contribution in [0.3, 0.4) is 0 Å². The lowest BCUT2D eigenvalue weighted by Crippen LogP contribution is -2.45. The molecule has 2 aromatic rings. The van der Waals surface area contributed by atoms with Gasteiger partial charge in [0, 0.05) is 44.0 Å². The highest BCUT2D eigenvalue weighted by molar-refractivity contribution is 7.89. The summed E-state index contributed by atoms with van der Waals surface area (Å²) in [4.78, 5) is 2.42. The van der Waals surface area contributed by atoms with Crippen molar-refractivity contribution in [3.63, 3.8) is 0 Å². The molecule has 1 aliphatic heterocycles. The standard InChI is InChI=1S/C19H24FN3O2S/c1-22(26(24,25)18-8-6-16(21)7-9-18)17-10-12-23(13-11-17)14-15-4-2-3-5-19(15)20/h2-9,17H,10-14,21H2,1H3. The van der Waals surface area contributed by atoms with Gasteiger partial charge in [-0.05, 0) is 43.2 Å². The largest absolute Gasteiger partial charge is 0.399 e. The lowest BCUT2D eigenvalue weighted by Gasteiger charge is -2.36. The Hall–Kier alpha value is -1.96. The number of halogens is 1. The van der Waals surface area contributed by atoms with Crippen LogP contribution in [-0.2, 0) is 16.6 Å². The van der Waals surface area contributed by atoms with Crippen molar-refractivity contribution in [2.24, 2.45) is 0 Å². The van der Waals surface area contributed by atoms with E-state index in [4.69, 9.17) is 5.73 Å². The van der Waals surface area contributed by atoms with Crippen molar-refractivity contribution in [2.45, 2.75) is 30.3 Å². The predicted octanol–water partition coefficient (Wildman–Crippen LogP) is 2.69. The summed E-state index contributed by atoms with van der Waals surface area (Å²) in [5.74, 6) is -0.197. The fourth-order valence-corrected chi connectivity index (χ4v) is 4.73. The van der Waals surface area contributed by atoms with Crippen LogP contribution < -0.4 is 5.73 Å². The number of benzene rings is 2. The van der Waals surface area contributed by atoms with Crippen LogP contribution in [0.1, 0.15) is 18.4 Å². The second kappa shape index (κ2) is 7.73. The summed E-state index contributed by atoms with van der Waals surface area (Å²) in [6, 6.07) is 13.0. The van der Waals surface area contributed by atoms with Gasteiger partial charge >= 0.3 is 0 Å². The van der Waals surface area contributed by atoms with E-state index in [2.05, 4.69) is 4.90 Å². The molecule has 1 heterocycles. The summed E-state index contributed by atoms with van der Waals surface area (Å²) in [7, 11) is -1.91. The van der Waals surface area contributed by atoms with E-state index >= 15 is 0 Å². The van der Waals surface area contributed by atoms with Crippen LogP contribution in [0, 0.1) is 5.82 Å². The first-order valence-electron chi connectivity index (χ1n) is 8.67. The van der Waals surface area contributed by atoms with Crippen LogP contribution in [0.5, 0.6) is 0 Å². The Morgan fingerprint density at radius 1 is 1.12 bits per heavy atom. The fraction of sp³-hybridized carbons (Fsp3) is 0.368. The Labute approximate surface area is 154 Å². The van der Waals surface area contributed by atoms with Crippen molar-refractivity contribution in [3.05, 3.63) is 59.9 Å². The van der Waals surface area contributed by atoms with E-state index in [0.29, 0.717) is 17.8 Å². The molecule has 26 heavy (non-hydrogen) atoms. The van der Waals surface area contributed by atoms with Gasteiger partial charge in [-0.3, -0.25) is 4.90 Å². The van der Waals surface area contributed by atoms with Crippen molar-refractivity contribution >= 4 is 15.7 Å². The highest BCUT2D eigenvalue weighted by Gasteiger charge is 2.30. The Morgan fingerprint density at radius 2 is 1.73 bits per heavy atom. The summed E-state index contributed by atoms with van der Waals surface area (Å²) in [6.07, 6.45) is 1.44. The van der Waals surface area contributed by atoms with E-state index < -0.39 is 10.0 Å². The zero-order valence-electron chi connectivity index (χ0n) is 14.8. The van der Waals surface area contributed by atoms with Crippen LogP contribution in [0.25, 0.3) is 0 Å². The van der Waals surface area contributed by atoms with Gasteiger partial charge in [-0.15, -0.1) is 0 Å². The molecule has 0 aliphatic carbocycles. The highest BCUT2D eigenvalue weighted by atomic mass is 32.2. The van der Waals surface area contributed by atoms with Gasteiger partial charge in [0.05, 0.1) is 4.90 Å². The molecule has 0 radical (unpaired) electrons. The lowest BCUT2D eigenvalue weighted by atomic mass is 10.0. The average Bonchev–Trinajstić information content (AvgIpc) is 2.64. The second-order valence-electron chi connectivity index (χ2n) is 6.69. The molecule has 0 bridgehead atoms. The zero-order valence-corrected chi connectivity index (χ0v) is 15.6. The molecule has 2 aromatic carbocycles. The number of piperidine rings is 1. The molecular weight excluding hydrogens is 353 g/mol. The second-order valence-corrected chi connectivity index (χ2v) is 8.69. The van der Waals surface area contributed by atoms with Crippen molar-refractivity contribution in [2.75, 3.05) is 25.9 Å². The summed E-state index contributed by atoms with van der Waals surface area (Å²) in [5, 5.41) is 0. The quantitative estimate of drug-likeness (QED) is 0.814. The minimum Gasteiger partial charge on any atom is -0.399 e. The minimum atomic E-state index is -3.54. The average molecular weight is 377 g/mol. The molecule has 1 aliphatic rings. The van der Waals surface area contributed by atoms with Gasteiger partial charge in [-0.2, -0.15) is 4.31 Å². The first kappa shape index (κ1) is 18.8. The summed E-state index contributed by atoms with van der Waals surface area (Å²) in [6.45, 7) is 2.02. The number of nitrogens with zero attached hydrogens (tertiary/aromatic N) is 2. The molecule has 7 heteroatoms. The van der Waals surface area contributed by atoms with Crippen LogP contribution in [0.4, 0.5) is 10.1 Å². The van der Waals surface area contributed by atoms with Crippen LogP contribution in [-0.4, -0.2) is 43.8 Å². The number of hydrogen-bond donors (Lipinski definition) is 1. The molecule has 1 fully saturated rings. The number of sulfonamides is 1. The van der Waals surface area contributed by atoms with Crippen LogP contribution in [0.15, 0.2) is 53.4 Å². The topological polar surface area (TPSA) is 66.6 Å². The van der Waals surface area contributed by atoms with Gasteiger partial charge in [-0.1, -0.05) is 18.2 Å².